The summed E-state index contributed by atoms with van der Waals surface area (Å²) >= 11 is 0. The molecule has 106 valence electrons. The van der Waals surface area contributed by atoms with Gasteiger partial charge < -0.3 is 9.84 Å². The van der Waals surface area contributed by atoms with Gasteiger partial charge in [-0.1, -0.05) is 32.9 Å². The molecule has 5 nitrogen and oxygen atoms in total. The predicted octanol–water partition coefficient (Wildman–Crippen LogP) is 1.62. The lowest BCUT2D eigenvalue weighted by Crippen LogP contribution is -2.43. The van der Waals surface area contributed by atoms with Crippen molar-refractivity contribution in [2.75, 3.05) is 26.2 Å². The smallest absolute Gasteiger partial charge is 0.230 e. The summed E-state index contributed by atoms with van der Waals surface area (Å²) in [6.45, 7) is 14.1. The van der Waals surface area contributed by atoms with Crippen LogP contribution in [0.15, 0.2) is 4.52 Å². The van der Waals surface area contributed by atoms with Crippen LogP contribution in [0.25, 0.3) is 0 Å². The first kappa shape index (κ1) is 13.1. The van der Waals surface area contributed by atoms with Crippen molar-refractivity contribution in [3.63, 3.8) is 0 Å². The third-order valence-corrected chi connectivity index (χ3v) is 5.33. The van der Waals surface area contributed by atoms with E-state index in [0.717, 1.165) is 44.4 Å². The molecule has 1 N–H and O–H groups in total. The molecule has 2 fully saturated rings. The van der Waals surface area contributed by atoms with Gasteiger partial charge in [0.2, 0.25) is 5.89 Å². The molecule has 3 rings (SSSR count). The second kappa shape index (κ2) is 4.28. The van der Waals surface area contributed by atoms with Crippen LogP contribution in [-0.2, 0) is 6.54 Å². The van der Waals surface area contributed by atoms with Crippen LogP contribution in [0.4, 0.5) is 0 Å². The molecule has 0 amide bonds. The standard InChI is InChI=1S/C14H24N4O/c1-13(2)11(14(13,3)4)12-16-10(17-19-12)9-18-7-5-15-6-8-18/h11,15H,5-9H2,1-4H3. The first-order valence-electron chi connectivity index (χ1n) is 7.18. The maximum atomic E-state index is 5.50. The Kier molecular flexibility index (Phi) is 2.94. The molecule has 0 atom stereocenters. The molecule has 2 heterocycles. The van der Waals surface area contributed by atoms with E-state index in [1.165, 1.54) is 0 Å². The van der Waals surface area contributed by atoms with E-state index in [0.29, 0.717) is 5.92 Å². The summed E-state index contributed by atoms with van der Waals surface area (Å²) in [6, 6.07) is 0. The molecule has 1 aromatic rings. The Hall–Kier alpha value is -0.940. The van der Waals surface area contributed by atoms with E-state index in [-0.39, 0.29) is 10.8 Å². The summed E-state index contributed by atoms with van der Waals surface area (Å²) in [7, 11) is 0. The minimum Gasteiger partial charge on any atom is -0.339 e. The molecular formula is C14H24N4O. The van der Waals surface area contributed by atoms with Crippen LogP contribution in [0.2, 0.25) is 0 Å². The predicted molar refractivity (Wildman–Crippen MR) is 72.7 cm³/mol. The van der Waals surface area contributed by atoms with E-state index in [2.05, 4.69) is 48.1 Å². The van der Waals surface area contributed by atoms with Crippen LogP contribution in [0.1, 0.15) is 45.3 Å². The lowest BCUT2D eigenvalue weighted by molar-refractivity contribution is 0.224. The molecule has 1 aliphatic carbocycles. The fourth-order valence-electron chi connectivity index (χ4n) is 3.33. The molecule has 2 aliphatic rings. The van der Waals surface area contributed by atoms with Crippen molar-refractivity contribution in [1.82, 2.24) is 20.4 Å². The molecule has 0 unspecified atom stereocenters. The molecule has 0 aromatic carbocycles. The summed E-state index contributed by atoms with van der Waals surface area (Å²) in [6.07, 6.45) is 0. The molecule has 1 saturated heterocycles. The Bertz CT molecular complexity index is 446. The average molecular weight is 264 g/mol. The summed E-state index contributed by atoms with van der Waals surface area (Å²) in [5.41, 5.74) is 0.512. The Morgan fingerprint density at radius 2 is 1.84 bits per heavy atom. The van der Waals surface area contributed by atoms with Gasteiger partial charge in [0.1, 0.15) is 0 Å². The molecule has 0 spiro atoms. The van der Waals surface area contributed by atoms with Gasteiger partial charge >= 0.3 is 0 Å². The number of piperazine rings is 1. The second-order valence-electron chi connectivity index (χ2n) is 6.95. The molecule has 5 heteroatoms. The van der Waals surface area contributed by atoms with Crippen molar-refractivity contribution in [2.45, 2.75) is 40.2 Å². The molecule has 1 aromatic heterocycles. The van der Waals surface area contributed by atoms with Crippen LogP contribution < -0.4 is 5.32 Å². The minimum absolute atomic E-state index is 0.256. The van der Waals surface area contributed by atoms with Crippen molar-refractivity contribution in [1.29, 1.82) is 0 Å². The van der Waals surface area contributed by atoms with Crippen LogP contribution in [0.5, 0.6) is 0 Å². The van der Waals surface area contributed by atoms with Crippen molar-refractivity contribution in [3.8, 4) is 0 Å². The molecule has 1 saturated carbocycles. The molecular weight excluding hydrogens is 240 g/mol. The number of hydrogen-bond acceptors (Lipinski definition) is 5. The first-order valence-corrected chi connectivity index (χ1v) is 7.18. The van der Waals surface area contributed by atoms with Gasteiger partial charge in [0, 0.05) is 32.1 Å². The maximum Gasteiger partial charge on any atom is 0.230 e. The number of nitrogens with one attached hydrogen (secondary N) is 1. The summed E-state index contributed by atoms with van der Waals surface area (Å²) < 4.78 is 5.50. The van der Waals surface area contributed by atoms with Crippen molar-refractivity contribution in [3.05, 3.63) is 11.7 Å². The van der Waals surface area contributed by atoms with Gasteiger partial charge in [-0.05, 0) is 10.8 Å². The molecule has 19 heavy (non-hydrogen) atoms. The minimum atomic E-state index is 0.256. The Balaban J connectivity index is 1.67. The monoisotopic (exact) mass is 264 g/mol. The Morgan fingerprint density at radius 3 is 2.42 bits per heavy atom. The van der Waals surface area contributed by atoms with Gasteiger partial charge in [-0.2, -0.15) is 4.98 Å². The van der Waals surface area contributed by atoms with Gasteiger partial charge in [-0.15, -0.1) is 0 Å². The Labute approximate surface area is 114 Å². The second-order valence-corrected chi connectivity index (χ2v) is 6.95. The fraction of sp³-hybridized carbons (Fsp3) is 0.857. The van der Waals surface area contributed by atoms with E-state index in [1.807, 2.05) is 0 Å². The molecule has 0 radical (unpaired) electrons. The quantitative estimate of drug-likeness (QED) is 0.899. The third kappa shape index (κ3) is 2.09. The van der Waals surface area contributed by atoms with Crippen molar-refractivity contribution < 1.29 is 4.52 Å². The highest BCUT2D eigenvalue weighted by atomic mass is 16.5. The average Bonchev–Trinajstić information content (AvgIpc) is 2.68. The number of hydrogen-bond donors (Lipinski definition) is 1. The SMILES string of the molecule is CC1(C)C(c2nc(CN3CCNCC3)no2)C1(C)C. The highest BCUT2D eigenvalue weighted by molar-refractivity contribution is 5.24. The summed E-state index contributed by atoms with van der Waals surface area (Å²) in [5, 5.41) is 7.50. The van der Waals surface area contributed by atoms with E-state index in [9.17, 15) is 0 Å². The van der Waals surface area contributed by atoms with Gasteiger partial charge in [0.05, 0.1) is 6.54 Å². The molecule has 0 bridgehead atoms. The van der Waals surface area contributed by atoms with Gasteiger partial charge in [-0.3, -0.25) is 4.90 Å². The van der Waals surface area contributed by atoms with Crippen LogP contribution >= 0.6 is 0 Å². The largest absolute Gasteiger partial charge is 0.339 e. The zero-order valence-corrected chi connectivity index (χ0v) is 12.4. The third-order valence-electron chi connectivity index (χ3n) is 5.33. The van der Waals surface area contributed by atoms with E-state index >= 15 is 0 Å². The lowest BCUT2D eigenvalue weighted by Gasteiger charge is -2.25. The topological polar surface area (TPSA) is 54.2 Å². The van der Waals surface area contributed by atoms with E-state index in [4.69, 9.17) is 4.52 Å². The normalized spacial score (nSPS) is 26.5. The number of aromatic nitrogens is 2. The zero-order valence-electron chi connectivity index (χ0n) is 12.4. The number of rotatable bonds is 3. The van der Waals surface area contributed by atoms with Gasteiger partial charge in [-0.25, -0.2) is 0 Å². The zero-order chi connectivity index (χ0) is 13.7. The lowest BCUT2D eigenvalue weighted by atomic mass is 10.0. The summed E-state index contributed by atoms with van der Waals surface area (Å²) in [5.74, 6) is 2.04. The maximum absolute atomic E-state index is 5.50. The van der Waals surface area contributed by atoms with Crippen LogP contribution in [-0.4, -0.2) is 41.2 Å². The van der Waals surface area contributed by atoms with E-state index < -0.39 is 0 Å². The summed E-state index contributed by atoms with van der Waals surface area (Å²) in [4.78, 5) is 6.99. The number of nitrogens with zero attached hydrogens (tertiary/aromatic N) is 3. The van der Waals surface area contributed by atoms with Gasteiger partial charge in [0.25, 0.3) is 0 Å². The van der Waals surface area contributed by atoms with E-state index in [1.54, 1.807) is 0 Å². The molecule has 1 aliphatic heterocycles. The highest BCUT2D eigenvalue weighted by Crippen LogP contribution is 2.73. The Morgan fingerprint density at radius 1 is 1.21 bits per heavy atom. The highest BCUT2D eigenvalue weighted by Gasteiger charge is 2.67. The van der Waals surface area contributed by atoms with Crippen LogP contribution in [0, 0.1) is 10.8 Å². The van der Waals surface area contributed by atoms with Crippen LogP contribution in [0.3, 0.4) is 0 Å². The van der Waals surface area contributed by atoms with Crippen molar-refractivity contribution >= 4 is 0 Å². The first-order chi connectivity index (χ1) is 8.93. The van der Waals surface area contributed by atoms with Crippen molar-refractivity contribution in [2.24, 2.45) is 10.8 Å². The van der Waals surface area contributed by atoms with Gasteiger partial charge in [0.15, 0.2) is 5.82 Å². The fourth-order valence-corrected chi connectivity index (χ4v) is 3.33.